The molecule has 276 valence electrons. The van der Waals surface area contributed by atoms with Crippen LogP contribution in [0, 0.1) is 5.92 Å². The van der Waals surface area contributed by atoms with Gasteiger partial charge in [0, 0.05) is 0 Å². The summed E-state index contributed by atoms with van der Waals surface area (Å²) < 4.78 is 39.4. The minimum absolute atomic E-state index is 0.418. The van der Waals surface area contributed by atoms with Crippen LogP contribution in [0.15, 0.2) is 0 Å². The van der Waals surface area contributed by atoms with Crippen LogP contribution in [0.5, 0.6) is 0 Å². The first-order valence-corrected chi connectivity index (χ1v) is 15.3. The van der Waals surface area contributed by atoms with Gasteiger partial charge in [0.2, 0.25) is 0 Å². The molecule has 4 aliphatic heterocycles. The lowest BCUT2D eigenvalue weighted by Gasteiger charge is -2.50. The average molecular weight is 693 g/mol. The van der Waals surface area contributed by atoms with Gasteiger partial charge in [-0.15, -0.1) is 0 Å². The van der Waals surface area contributed by atoms with E-state index in [1.54, 1.807) is 13.8 Å². The molecule has 0 radical (unpaired) electrons. The number of aliphatic hydroxyl groups is 13. The summed E-state index contributed by atoms with van der Waals surface area (Å²) in [6, 6.07) is 0. The number of rotatable bonds is 11. The van der Waals surface area contributed by atoms with Gasteiger partial charge >= 0.3 is 0 Å². The van der Waals surface area contributed by atoms with Gasteiger partial charge in [-0.3, -0.25) is 0 Å². The van der Waals surface area contributed by atoms with Gasteiger partial charge in [0.15, 0.2) is 18.9 Å². The second-order valence-corrected chi connectivity index (χ2v) is 12.5. The smallest absolute Gasteiger partial charge is 0.187 e. The van der Waals surface area contributed by atoms with Crippen LogP contribution in [0.3, 0.4) is 0 Å². The lowest BCUT2D eigenvalue weighted by molar-refractivity contribution is -0.371. The predicted molar refractivity (Wildman–Crippen MR) is 147 cm³/mol. The summed E-state index contributed by atoms with van der Waals surface area (Å²) in [6.07, 6.45) is -32.4. The maximum absolute atomic E-state index is 11.5. The molecule has 0 bridgehead atoms. The fraction of sp³-hybridized carbons (Fsp3) is 1.00. The van der Waals surface area contributed by atoms with Crippen LogP contribution in [0.2, 0.25) is 0 Å². The Bertz CT molecular complexity index is 959. The molecule has 13 N–H and O–H groups in total. The number of hydrogen-bond donors (Lipinski definition) is 13. The van der Waals surface area contributed by atoms with E-state index in [2.05, 4.69) is 0 Å². The maximum Gasteiger partial charge on any atom is 0.187 e. The van der Waals surface area contributed by atoms with Gasteiger partial charge in [0.25, 0.3) is 0 Å². The fourth-order valence-corrected chi connectivity index (χ4v) is 6.02. The van der Waals surface area contributed by atoms with Crippen LogP contribution in [-0.2, 0) is 33.2 Å². The number of ether oxygens (including phenoxy) is 7. The predicted octanol–water partition coefficient (Wildman–Crippen LogP) is -8.04. The normalized spacial score (nSPS) is 51.3. The van der Waals surface area contributed by atoms with Crippen LogP contribution in [0.4, 0.5) is 0 Å². The van der Waals surface area contributed by atoms with E-state index in [4.69, 9.17) is 33.2 Å². The summed E-state index contributed by atoms with van der Waals surface area (Å²) in [5, 5.41) is 133. The molecule has 20 nitrogen and oxygen atoms in total. The molecule has 20 atom stereocenters. The third kappa shape index (κ3) is 8.08. The van der Waals surface area contributed by atoms with Crippen molar-refractivity contribution >= 4 is 0 Å². The van der Waals surface area contributed by atoms with Crippen molar-refractivity contribution in [1.82, 2.24) is 0 Å². The lowest BCUT2D eigenvalue weighted by atomic mass is 9.88. The molecule has 0 aromatic heterocycles. The fourth-order valence-electron chi connectivity index (χ4n) is 6.02. The van der Waals surface area contributed by atoms with Crippen molar-refractivity contribution in [2.24, 2.45) is 5.92 Å². The Hall–Kier alpha value is -0.800. The van der Waals surface area contributed by atoms with Crippen LogP contribution in [0.25, 0.3) is 0 Å². The molecule has 0 saturated carbocycles. The first-order valence-electron chi connectivity index (χ1n) is 15.3. The second kappa shape index (κ2) is 16.5. The Labute approximate surface area is 268 Å². The number of hydrogen-bond acceptors (Lipinski definition) is 20. The zero-order valence-electron chi connectivity index (χ0n) is 25.6. The van der Waals surface area contributed by atoms with E-state index in [9.17, 15) is 66.4 Å². The molecule has 0 spiro atoms. The minimum atomic E-state index is -1.91. The van der Waals surface area contributed by atoms with E-state index in [0.717, 1.165) is 0 Å². The van der Waals surface area contributed by atoms with Crippen molar-refractivity contribution in [1.29, 1.82) is 0 Å². The van der Waals surface area contributed by atoms with Gasteiger partial charge in [-0.2, -0.15) is 0 Å². The summed E-state index contributed by atoms with van der Waals surface area (Å²) in [5.74, 6) is -0.418. The van der Waals surface area contributed by atoms with Crippen molar-refractivity contribution in [3.05, 3.63) is 0 Å². The molecule has 4 rings (SSSR count). The molecule has 47 heavy (non-hydrogen) atoms. The second-order valence-electron chi connectivity index (χ2n) is 12.5. The average Bonchev–Trinajstić information content (AvgIpc) is 3.05. The van der Waals surface area contributed by atoms with Crippen molar-refractivity contribution in [2.75, 3.05) is 26.4 Å². The van der Waals surface area contributed by atoms with Gasteiger partial charge in [0.1, 0.15) is 97.7 Å². The van der Waals surface area contributed by atoms with Gasteiger partial charge in [0.05, 0.1) is 32.5 Å². The Morgan fingerprint density at radius 3 is 1.32 bits per heavy atom. The summed E-state index contributed by atoms with van der Waals surface area (Å²) in [7, 11) is 0. The molecule has 0 aromatic carbocycles. The van der Waals surface area contributed by atoms with E-state index in [1.165, 1.54) is 0 Å². The first kappa shape index (κ1) is 39.0. The molecule has 4 aliphatic rings. The number of aliphatic hydroxyl groups excluding tert-OH is 13. The Kier molecular flexibility index (Phi) is 13.7. The third-order valence-electron chi connectivity index (χ3n) is 8.91. The Morgan fingerprint density at radius 2 is 0.851 bits per heavy atom. The summed E-state index contributed by atoms with van der Waals surface area (Å²) >= 11 is 0. The highest BCUT2D eigenvalue weighted by Gasteiger charge is 2.54. The molecular formula is C27H48O20. The molecule has 0 aliphatic carbocycles. The monoisotopic (exact) mass is 692 g/mol. The molecule has 4 heterocycles. The largest absolute Gasteiger partial charge is 0.394 e. The molecule has 4 saturated heterocycles. The molecule has 0 amide bonds. The van der Waals surface area contributed by atoms with Crippen LogP contribution in [-0.4, -0.2) is 215 Å². The Balaban J connectivity index is 1.50. The highest BCUT2D eigenvalue weighted by Crippen LogP contribution is 2.35. The maximum atomic E-state index is 11.5. The highest BCUT2D eigenvalue weighted by atomic mass is 16.8. The Morgan fingerprint density at radius 1 is 0.447 bits per heavy atom. The molecular weight excluding hydrogens is 644 g/mol. The zero-order valence-corrected chi connectivity index (χ0v) is 25.6. The zero-order chi connectivity index (χ0) is 34.9. The van der Waals surface area contributed by atoms with E-state index < -0.39 is 155 Å². The van der Waals surface area contributed by atoms with Crippen molar-refractivity contribution in [3.8, 4) is 0 Å². The highest BCUT2D eigenvalue weighted by molar-refractivity contribution is 4.99. The molecule has 0 aromatic rings. The minimum Gasteiger partial charge on any atom is -0.394 e. The summed E-state index contributed by atoms with van der Waals surface area (Å²) in [4.78, 5) is 0. The van der Waals surface area contributed by atoms with Crippen LogP contribution >= 0.6 is 0 Å². The molecule has 20 heteroatoms. The van der Waals surface area contributed by atoms with Crippen molar-refractivity contribution in [3.63, 3.8) is 0 Å². The summed E-state index contributed by atoms with van der Waals surface area (Å²) in [6.45, 7) is 0.546. The lowest BCUT2D eigenvalue weighted by Crippen LogP contribution is -2.67. The molecule has 4 fully saturated rings. The summed E-state index contributed by atoms with van der Waals surface area (Å²) in [5.41, 5.74) is 0. The van der Waals surface area contributed by atoms with E-state index in [0.29, 0.717) is 0 Å². The van der Waals surface area contributed by atoms with Crippen molar-refractivity contribution in [2.45, 2.75) is 136 Å². The van der Waals surface area contributed by atoms with Crippen molar-refractivity contribution < 1.29 is 99.5 Å². The third-order valence-corrected chi connectivity index (χ3v) is 8.91. The standard InChI is InChI=1S/C27H48O20/c1-7(2)22-24(21(40)23(10(5-30)42-22)46-26-19(38)16(35)13(32)9(4-29)44-26)47-27-20(39)17(36)14(33)11(45-27)6-41-25-18(37)15(34)12(31)8(3-28)43-25/h7-40H,3-6H2,1-2H3/t8-,9-,10-,11-,12-,13-,14-,15+,16+,17+,18-,19-,20-,21+,22+,23-,24-,25-,26-,27+/m1/s1. The van der Waals surface area contributed by atoms with Gasteiger partial charge in [-0.25, -0.2) is 0 Å². The van der Waals surface area contributed by atoms with Gasteiger partial charge < -0.3 is 99.5 Å². The topological polar surface area (TPSA) is 328 Å². The quantitative estimate of drug-likeness (QED) is 0.0956. The van der Waals surface area contributed by atoms with Crippen LogP contribution < -0.4 is 0 Å². The van der Waals surface area contributed by atoms with Crippen LogP contribution in [0.1, 0.15) is 13.8 Å². The first-order chi connectivity index (χ1) is 22.2. The van der Waals surface area contributed by atoms with E-state index in [-0.39, 0.29) is 0 Å². The van der Waals surface area contributed by atoms with E-state index >= 15 is 0 Å². The van der Waals surface area contributed by atoms with E-state index in [1.807, 2.05) is 0 Å². The SMILES string of the molecule is CC(C)[C@@H]1O[C@H](CO)[C@@H](O[C@H]2O[C@H](CO)[C@@H](O)[C@H](O)[C@H]2O)[C@H](O)[C@H]1O[C@@H]1O[C@H](CO[C@@H]2O[C@H](CO)[C@@H](O)[C@H](O)[C@H]2O)[C@@H](O)[C@H](O)[C@H]1O. The molecule has 0 unspecified atom stereocenters. The van der Waals surface area contributed by atoms with Gasteiger partial charge in [-0.1, -0.05) is 13.8 Å². The van der Waals surface area contributed by atoms with Gasteiger partial charge in [-0.05, 0) is 5.92 Å².